The zero-order valence-corrected chi connectivity index (χ0v) is 12.2. The number of hydrogen-bond donors (Lipinski definition) is 1. The van der Waals surface area contributed by atoms with Crippen LogP contribution in [0, 0.1) is 0 Å². The number of carbonyl (C=O) groups is 2. The van der Waals surface area contributed by atoms with Gasteiger partial charge in [0.2, 0.25) is 0 Å². The Kier molecular flexibility index (Phi) is 4.06. The maximum absolute atomic E-state index is 11.6. The van der Waals surface area contributed by atoms with Crippen LogP contribution in [0.1, 0.15) is 27.1 Å². The fourth-order valence-corrected chi connectivity index (χ4v) is 2.68. The first kappa shape index (κ1) is 14.5. The molecule has 0 aliphatic carbocycles. The fourth-order valence-electron chi connectivity index (χ4n) is 1.56. The summed E-state index contributed by atoms with van der Waals surface area (Å²) in [5.74, 6) is -0.978. The van der Waals surface area contributed by atoms with Gasteiger partial charge in [-0.15, -0.1) is 11.3 Å². The van der Waals surface area contributed by atoms with Crippen LogP contribution >= 0.6 is 22.9 Å². The minimum absolute atomic E-state index is 0.0100. The number of hydrogen-bond acceptors (Lipinski definition) is 6. The SMILES string of the molecule is COC(=O)c1nc(-c2ccc(O)c(Cl)c2)sc1C(C)=O. The number of phenols is 1. The molecular formula is C13H10ClNO4S. The molecular weight excluding hydrogens is 302 g/mol. The number of ketones is 1. The van der Waals surface area contributed by atoms with E-state index in [0.29, 0.717) is 10.6 Å². The number of esters is 1. The van der Waals surface area contributed by atoms with Crippen molar-refractivity contribution in [3.05, 3.63) is 33.8 Å². The van der Waals surface area contributed by atoms with E-state index in [1.165, 1.54) is 26.2 Å². The molecule has 104 valence electrons. The second-order valence-electron chi connectivity index (χ2n) is 3.91. The molecule has 5 nitrogen and oxygen atoms in total. The van der Waals surface area contributed by atoms with Crippen LogP contribution < -0.4 is 0 Å². The van der Waals surface area contributed by atoms with Gasteiger partial charge in [0.15, 0.2) is 11.5 Å². The van der Waals surface area contributed by atoms with Gasteiger partial charge in [-0.25, -0.2) is 9.78 Å². The molecule has 1 aromatic heterocycles. The monoisotopic (exact) mass is 311 g/mol. The van der Waals surface area contributed by atoms with Crippen LogP contribution in [0.25, 0.3) is 10.6 Å². The summed E-state index contributed by atoms with van der Waals surface area (Å²) in [6.45, 7) is 1.35. The maximum atomic E-state index is 11.6. The maximum Gasteiger partial charge on any atom is 0.358 e. The lowest BCUT2D eigenvalue weighted by Crippen LogP contribution is -2.06. The van der Waals surface area contributed by atoms with Crippen LogP contribution in [0.5, 0.6) is 5.75 Å². The number of Topliss-reactive ketones (excluding diaryl/α,β-unsaturated/α-hetero) is 1. The topological polar surface area (TPSA) is 76.5 Å². The van der Waals surface area contributed by atoms with Gasteiger partial charge in [0.1, 0.15) is 15.6 Å². The van der Waals surface area contributed by atoms with Crippen molar-refractivity contribution in [1.82, 2.24) is 4.98 Å². The van der Waals surface area contributed by atoms with E-state index < -0.39 is 5.97 Å². The van der Waals surface area contributed by atoms with Crippen molar-refractivity contribution in [3.63, 3.8) is 0 Å². The Labute approximate surface area is 123 Å². The zero-order valence-electron chi connectivity index (χ0n) is 10.6. The number of carbonyl (C=O) groups excluding carboxylic acids is 2. The molecule has 2 aromatic rings. The van der Waals surface area contributed by atoms with Crippen LogP contribution in [0.15, 0.2) is 18.2 Å². The second kappa shape index (κ2) is 5.60. The van der Waals surface area contributed by atoms with Gasteiger partial charge in [-0.05, 0) is 18.2 Å². The third-order valence-electron chi connectivity index (χ3n) is 2.52. The number of ether oxygens (including phenoxy) is 1. The molecule has 0 unspecified atom stereocenters. The highest BCUT2D eigenvalue weighted by Gasteiger charge is 2.22. The number of rotatable bonds is 3. The summed E-state index contributed by atoms with van der Waals surface area (Å²) >= 11 is 6.91. The second-order valence-corrected chi connectivity index (χ2v) is 5.32. The quantitative estimate of drug-likeness (QED) is 0.696. The van der Waals surface area contributed by atoms with Gasteiger partial charge >= 0.3 is 5.97 Å². The van der Waals surface area contributed by atoms with Crippen molar-refractivity contribution < 1.29 is 19.4 Å². The molecule has 0 amide bonds. The normalized spacial score (nSPS) is 10.3. The third-order valence-corrected chi connectivity index (χ3v) is 4.03. The molecule has 0 radical (unpaired) electrons. The third kappa shape index (κ3) is 2.66. The van der Waals surface area contributed by atoms with Crippen LogP contribution in [0.3, 0.4) is 0 Å². The lowest BCUT2D eigenvalue weighted by Gasteiger charge is -1.99. The van der Waals surface area contributed by atoms with E-state index in [9.17, 15) is 14.7 Å². The van der Waals surface area contributed by atoms with Crippen LogP contribution in [0.2, 0.25) is 5.02 Å². The summed E-state index contributed by atoms with van der Waals surface area (Å²) in [4.78, 5) is 27.5. The van der Waals surface area contributed by atoms with E-state index in [2.05, 4.69) is 9.72 Å². The van der Waals surface area contributed by atoms with Gasteiger partial charge < -0.3 is 9.84 Å². The fraction of sp³-hybridized carbons (Fsp3) is 0.154. The minimum atomic E-state index is -0.664. The molecule has 0 bridgehead atoms. The van der Waals surface area contributed by atoms with E-state index in [-0.39, 0.29) is 27.1 Å². The Balaban J connectivity index is 2.55. The van der Waals surface area contributed by atoms with Crippen LogP contribution in [0.4, 0.5) is 0 Å². The summed E-state index contributed by atoms with van der Waals surface area (Å²) in [6.07, 6.45) is 0. The number of thiazole rings is 1. The molecule has 7 heteroatoms. The summed E-state index contributed by atoms with van der Waals surface area (Å²) < 4.78 is 4.61. The number of benzene rings is 1. The number of halogens is 1. The van der Waals surface area contributed by atoms with E-state index >= 15 is 0 Å². The lowest BCUT2D eigenvalue weighted by atomic mass is 10.2. The van der Waals surface area contributed by atoms with Crippen LogP contribution in [-0.2, 0) is 4.74 Å². The average Bonchev–Trinajstić information content (AvgIpc) is 2.86. The highest BCUT2D eigenvalue weighted by atomic mass is 35.5. The number of phenolic OH excluding ortho intramolecular Hbond substituents is 1. The first-order chi connectivity index (χ1) is 9.43. The molecule has 2 rings (SSSR count). The molecule has 1 heterocycles. The van der Waals surface area contributed by atoms with Crippen molar-refractivity contribution in [1.29, 1.82) is 0 Å². The first-order valence-electron chi connectivity index (χ1n) is 5.53. The van der Waals surface area contributed by atoms with Crippen LogP contribution in [-0.4, -0.2) is 29.0 Å². The molecule has 0 spiro atoms. The zero-order chi connectivity index (χ0) is 14.9. The van der Waals surface area contributed by atoms with Gasteiger partial charge in [0, 0.05) is 12.5 Å². The highest BCUT2D eigenvalue weighted by molar-refractivity contribution is 7.17. The van der Waals surface area contributed by atoms with Gasteiger partial charge in [-0.3, -0.25) is 4.79 Å². The molecule has 20 heavy (non-hydrogen) atoms. The predicted octanol–water partition coefficient (Wildman–Crippen LogP) is 3.16. The Morgan fingerprint density at radius 2 is 2.10 bits per heavy atom. The molecule has 1 N–H and O–H groups in total. The summed E-state index contributed by atoms with van der Waals surface area (Å²) in [5, 5.41) is 10.0. The number of aromatic hydroxyl groups is 1. The van der Waals surface area contributed by atoms with E-state index in [1.54, 1.807) is 6.07 Å². The Bertz CT molecular complexity index is 696. The standard InChI is InChI=1S/C13H10ClNO4S/c1-6(16)11-10(13(18)19-2)15-12(20-11)7-3-4-9(17)8(14)5-7/h3-5,17H,1-2H3. The molecule has 1 aromatic carbocycles. The smallest absolute Gasteiger partial charge is 0.358 e. The van der Waals surface area contributed by atoms with Gasteiger partial charge in [0.05, 0.1) is 12.1 Å². The minimum Gasteiger partial charge on any atom is -0.506 e. The molecule has 0 saturated heterocycles. The van der Waals surface area contributed by atoms with E-state index in [4.69, 9.17) is 11.6 Å². The largest absolute Gasteiger partial charge is 0.506 e. The number of nitrogens with zero attached hydrogens (tertiary/aromatic N) is 1. The van der Waals surface area contributed by atoms with Crippen molar-refractivity contribution in [3.8, 4) is 16.3 Å². The van der Waals surface area contributed by atoms with Crippen molar-refractivity contribution in [2.24, 2.45) is 0 Å². The Morgan fingerprint density at radius 1 is 1.40 bits per heavy atom. The predicted molar refractivity (Wildman–Crippen MR) is 75.6 cm³/mol. The Morgan fingerprint density at radius 3 is 2.65 bits per heavy atom. The Hall–Kier alpha value is -1.92. The summed E-state index contributed by atoms with van der Waals surface area (Å²) in [7, 11) is 1.22. The van der Waals surface area contributed by atoms with E-state index in [0.717, 1.165) is 11.3 Å². The lowest BCUT2D eigenvalue weighted by molar-refractivity contribution is 0.0591. The number of methoxy groups -OCH3 is 1. The molecule has 0 aliphatic rings. The van der Waals surface area contributed by atoms with Gasteiger partial charge in [-0.2, -0.15) is 0 Å². The van der Waals surface area contributed by atoms with Gasteiger partial charge in [0.25, 0.3) is 0 Å². The molecule has 0 aliphatic heterocycles. The van der Waals surface area contributed by atoms with Crippen molar-refractivity contribution in [2.45, 2.75) is 6.92 Å². The molecule has 0 fully saturated rings. The summed E-state index contributed by atoms with van der Waals surface area (Å²) in [6, 6.07) is 4.54. The van der Waals surface area contributed by atoms with Crippen molar-refractivity contribution in [2.75, 3.05) is 7.11 Å². The van der Waals surface area contributed by atoms with Crippen molar-refractivity contribution >= 4 is 34.7 Å². The molecule has 0 saturated carbocycles. The number of aromatic nitrogens is 1. The first-order valence-corrected chi connectivity index (χ1v) is 6.72. The van der Waals surface area contributed by atoms with E-state index in [1.807, 2.05) is 0 Å². The average molecular weight is 312 g/mol. The summed E-state index contributed by atoms with van der Waals surface area (Å²) in [5.41, 5.74) is 0.597. The van der Waals surface area contributed by atoms with Gasteiger partial charge in [-0.1, -0.05) is 11.6 Å². The molecule has 0 atom stereocenters. The highest BCUT2D eigenvalue weighted by Crippen LogP contribution is 2.33.